The fraction of sp³-hybridized carbons (Fsp3) is 0.833. The van der Waals surface area contributed by atoms with Crippen LogP contribution in [0.4, 0.5) is 0 Å². The van der Waals surface area contributed by atoms with Gasteiger partial charge in [-0.25, -0.2) is 0 Å². The van der Waals surface area contributed by atoms with Crippen LogP contribution in [0.3, 0.4) is 0 Å². The molecule has 0 saturated carbocycles. The fourth-order valence-corrected chi connectivity index (χ4v) is 2.27. The molecule has 20 heavy (non-hydrogen) atoms. The minimum absolute atomic E-state index is 0.320. The lowest BCUT2D eigenvalue weighted by molar-refractivity contribution is -0.117. The average Bonchev–Trinajstić information content (AvgIpc) is 2.37. The number of allylic oxidation sites excluding steroid dienone is 1. The van der Waals surface area contributed by atoms with E-state index < -0.39 is 0 Å². The molecule has 0 bridgehead atoms. The predicted molar refractivity (Wildman–Crippen MR) is 88.8 cm³/mol. The lowest BCUT2D eigenvalue weighted by Crippen LogP contribution is -2.13. The van der Waals surface area contributed by atoms with Crippen LogP contribution in [0.5, 0.6) is 0 Å². The van der Waals surface area contributed by atoms with Crippen LogP contribution in [0.15, 0.2) is 12.3 Å². The average molecular weight is 281 g/mol. The lowest BCUT2D eigenvalue weighted by atomic mass is 10.0. The zero-order valence-electron chi connectivity index (χ0n) is 14.0. The highest BCUT2D eigenvalue weighted by atomic mass is 16.1. The lowest BCUT2D eigenvalue weighted by Gasteiger charge is -2.10. The Labute approximate surface area is 126 Å². The van der Waals surface area contributed by atoms with E-state index >= 15 is 0 Å². The predicted octanol–water partition coefficient (Wildman–Crippen LogP) is 5.24. The smallest absolute Gasteiger partial charge is 0.129 e. The number of rotatable bonds is 14. The zero-order chi connectivity index (χ0) is 15.2. The Bertz CT molecular complexity index is 258. The molecule has 118 valence electrons. The van der Waals surface area contributed by atoms with Gasteiger partial charge in [0.15, 0.2) is 0 Å². The topological polar surface area (TPSA) is 29.1 Å². The summed E-state index contributed by atoms with van der Waals surface area (Å²) in [5, 5.41) is 3.43. The molecular formula is C18H35NO. The third kappa shape index (κ3) is 15.3. The van der Waals surface area contributed by atoms with Gasteiger partial charge in [0.1, 0.15) is 5.78 Å². The molecule has 0 unspecified atom stereocenters. The van der Waals surface area contributed by atoms with Crippen LogP contribution in [0, 0.1) is 5.92 Å². The summed E-state index contributed by atoms with van der Waals surface area (Å²) in [4.78, 5) is 10.8. The molecule has 1 N–H and O–H groups in total. The molecule has 0 spiro atoms. The van der Waals surface area contributed by atoms with Crippen LogP contribution in [0.1, 0.15) is 85.0 Å². The van der Waals surface area contributed by atoms with E-state index in [4.69, 9.17) is 0 Å². The SMILES string of the molecule is C=C(CCCCC(C)C)NCCCCCCCC(C)=O. The largest absolute Gasteiger partial charge is 0.389 e. The molecule has 0 aliphatic rings. The number of nitrogens with one attached hydrogen (secondary N) is 1. The molecule has 0 heterocycles. The number of carbonyl (C=O) groups excluding carboxylic acids is 1. The standard InChI is InChI=1S/C18H35NO/c1-16(2)12-9-10-13-17(3)19-15-11-7-5-6-8-14-18(4)20/h16,19H,3,5-15H2,1-2,4H3. The third-order valence-corrected chi connectivity index (χ3v) is 3.59. The van der Waals surface area contributed by atoms with Crippen LogP contribution in [-0.2, 0) is 4.79 Å². The van der Waals surface area contributed by atoms with E-state index in [9.17, 15) is 4.79 Å². The molecule has 0 aromatic rings. The molecule has 0 fully saturated rings. The number of unbranched alkanes of at least 4 members (excludes halogenated alkanes) is 5. The summed E-state index contributed by atoms with van der Waals surface area (Å²) in [6.07, 6.45) is 11.7. The van der Waals surface area contributed by atoms with Crippen LogP contribution < -0.4 is 5.32 Å². The summed E-state index contributed by atoms with van der Waals surface area (Å²) >= 11 is 0. The summed E-state index contributed by atoms with van der Waals surface area (Å²) < 4.78 is 0. The van der Waals surface area contributed by atoms with Gasteiger partial charge in [-0.1, -0.05) is 52.5 Å². The Hall–Kier alpha value is -0.790. The van der Waals surface area contributed by atoms with E-state index in [1.54, 1.807) is 6.92 Å². The molecule has 0 aromatic heterocycles. The summed E-state index contributed by atoms with van der Waals surface area (Å²) in [6, 6.07) is 0. The number of hydrogen-bond donors (Lipinski definition) is 1. The molecular weight excluding hydrogens is 246 g/mol. The Morgan fingerprint density at radius 3 is 2.20 bits per heavy atom. The van der Waals surface area contributed by atoms with Gasteiger partial charge in [0.2, 0.25) is 0 Å². The van der Waals surface area contributed by atoms with Gasteiger partial charge in [-0.3, -0.25) is 0 Å². The van der Waals surface area contributed by atoms with Crippen LogP contribution in [0.2, 0.25) is 0 Å². The van der Waals surface area contributed by atoms with Gasteiger partial charge in [0.05, 0.1) is 0 Å². The molecule has 2 nitrogen and oxygen atoms in total. The number of carbonyl (C=O) groups is 1. The molecule has 0 aliphatic carbocycles. The summed E-state index contributed by atoms with van der Waals surface area (Å²) in [5.41, 5.74) is 1.20. The Morgan fingerprint density at radius 1 is 0.950 bits per heavy atom. The van der Waals surface area contributed by atoms with E-state index in [1.807, 2.05) is 0 Å². The quantitative estimate of drug-likeness (QED) is 0.441. The monoisotopic (exact) mass is 281 g/mol. The summed E-state index contributed by atoms with van der Waals surface area (Å²) in [5.74, 6) is 1.14. The molecule has 0 aromatic carbocycles. The van der Waals surface area contributed by atoms with Crippen molar-refractivity contribution in [2.75, 3.05) is 6.54 Å². The summed E-state index contributed by atoms with van der Waals surface area (Å²) in [7, 11) is 0. The van der Waals surface area contributed by atoms with Crippen LogP contribution in [0.25, 0.3) is 0 Å². The van der Waals surface area contributed by atoms with Crippen molar-refractivity contribution in [2.24, 2.45) is 5.92 Å². The van der Waals surface area contributed by atoms with Gasteiger partial charge in [-0.15, -0.1) is 0 Å². The van der Waals surface area contributed by atoms with Crippen molar-refractivity contribution in [3.05, 3.63) is 12.3 Å². The maximum Gasteiger partial charge on any atom is 0.129 e. The van der Waals surface area contributed by atoms with E-state index in [2.05, 4.69) is 25.7 Å². The van der Waals surface area contributed by atoms with Crippen molar-refractivity contribution >= 4 is 5.78 Å². The molecule has 0 amide bonds. The van der Waals surface area contributed by atoms with Gasteiger partial charge in [-0.05, 0) is 38.5 Å². The Balaban J connectivity index is 3.21. The van der Waals surface area contributed by atoms with Gasteiger partial charge >= 0.3 is 0 Å². The Morgan fingerprint density at radius 2 is 1.55 bits per heavy atom. The summed E-state index contributed by atoms with van der Waals surface area (Å²) in [6.45, 7) is 11.4. The second-order valence-electron chi connectivity index (χ2n) is 6.39. The molecule has 0 aliphatic heterocycles. The van der Waals surface area contributed by atoms with Crippen molar-refractivity contribution in [3.8, 4) is 0 Å². The van der Waals surface area contributed by atoms with E-state index in [-0.39, 0.29) is 0 Å². The molecule has 0 saturated heterocycles. The normalized spacial score (nSPS) is 10.8. The van der Waals surface area contributed by atoms with Crippen molar-refractivity contribution in [1.82, 2.24) is 5.32 Å². The van der Waals surface area contributed by atoms with Crippen molar-refractivity contribution in [3.63, 3.8) is 0 Å². The van der Waals surface area contributed by atoms with E-state index in [1.165, 1.54) is 50.6 Å². The van der Waals surface area contributed by atoms with Crippen molar-refractivity contribution in [1.29, 1.82) is 0 Å². The number of ketones is 1. The molecule has 0 rings (SSSR count). The number of hydrogen-bond acceptors (Lipinski definition) is 2. The molecule has 0 atom stereocenters. The highest BCUT2D eigenvalue weighted by molar-refractivity contribution is 5.75. The first-order chi connectivity index (χ1) is 9.52. The minimum atomic E-state index is 0.320. The van der Waals surface area contributed by atoms with Crippen LogP contribution in [-0.4, -0.2) is 12.3 Å². The van der Waals surface area contributed by atoms with Gasteiger partial charge in [-0.2, -0.15) is 0 Å². The van der Waals surface area contributed by atoms with E-state index in [0.29, 0.717) is 5.78 Å². The van der Waals surface area contributed by atoms with Gasteiger partial charge < -0.3 is 10.1 Å². The highest BCUT2D eigenvalue weighted by Gasteiger charge is 1.98. The maximum absolute atomic E-state index is 10.8. The molecule has 2 heteroatoms. The zero-order valence-corrected chi connectivity index (χ0v) is 14.0. The first-order valence-electron chi connectivity index (χ1n) is 8.43. The number of Topliss-reactive ketones (excluding diaryl/α,β-unsaturated/α-hetero) is 1. The molecule has 0 radical (unpaired) electrons. The van der Waals surface area contributed by atoms with Gasteiger partial charge in [0.25, 0.3) is 0 Å². The first-order valence-corrected chi connectivity index (χ1v) is 8.43. The van der Waals surface area contributed by atoms with Crippen molar-refractivity contribution < 1.29 is 4.79 Å². The third-order valence-electron chi connectivity index (χ3n) is 3.59. The second-order valence-corrected chi connectivity index (χ2v) is 6.39. The highest BCUT2D eigenvalue weighted by Crippen LogP contribution is 2.10. The van der Waals surface area contributed by atoms with E-state index in [0.717, 1.165) is 31.7 Å². The second kappa shape index (κ2) is 13.2. The van der Waals surface area contributed by atoms with Crippen molar-refractivity contribution in [2.45, 2.75) is 85.0 Å². The fourth-order valence-electron chi connectivity index (χ4n) is 2.27. The maximum atomic E-state index is 10.8. The van der Waals surface area contributed by atoms with Crippen LogP contribution >= 0.6 is 0 Å². The first kappa shape index (κ1) is 19.2. The minimum Gasteiger partial charge on any atom is -0.389 e. The Kier molecular flexibility index (Phi) is 12.7. The van der Waals surface area contributed by atoms with Gasteiger partial charge in [0, 0.05) is 18.7 Å².